The molecule has 84 valence electrons. The summed E-state index contributed by atoms with van der Waals surface area (Å²) in [4.78, 5) is 15.2. The van der Waals surface area contributed by atoms with Crippen LogP contribution in [-0.2, 0) is 0 Å². The fourth-order valence-corrected chi connectivity index (χ4v) is 1.78. The van der Waals surface area contributed by atoms with Gasteiger partial charge in [0.05, 0.1) is 17.5 Å². The minimum absolute atomic E-state index is 0.0795. The summed E-state index contributed by atoms with van der Waals surface area (Å²) in [6.07, 6.45) is 3.10. The fraction of sp³-hybridized carbons (Fsp3) is 0.364. The van der Waals surface area contributed by atoms with Gasteiger partial charge in [-0.15, -0.1) is 0 Å². The van der Waals surface area contributed by atoms with Gasteiger partial charge in [-0.25, -0.2) is 14.3 Å². The number of fused-ring (bicyclic) bond motifs is 1. The van der Waals surface area contributed by atoms with Gasteiger partial charge in [-0.3, -0.25) is 0 Å². The van der Waals surface area contributed by atoms with Crippen LogP contribution in [0.15, 0.2) is 12.4 Å². The van der Waals surface area contributed by atoms with E-state index in [4.69, 9.17) is 5.11 Å². The summed E-state index contributed by atoms with van der Waals surface area (Å²) < 4.78 is 1.61. The van der Waals surface area contributed by atoms with E-state index in [0.717, 1.165) is 5.56 Å². The first-order valence-corrected chi connectivity index (χ1v) is 5.09. The van der Waals surface area contributed by atoms with Crippen LogP contribution < -0.4 is 0 Å². The molecule has 0 spiro atoms. The van der Waals surface area contributed by atoms with Crippen molar-refractivity contribution in [3.63, 3.8) is 0 Å². The second-order valence-electron chi connectivity index (χ2n) is 4.08. The quantitative estimate of drug-likeness (QED) is 0.837. The third-order valence-electron chi connectivity index (χ3n) is 2.52. The lowest BCUT2D eigenvalue weighted by Crippen LogP contribution is -2.11. The second-order valence-corrected chi connectivity index (χ2v) is 4.08. The summed E-state index contributed by atoms with van der Waals surface area (Å²) in [6.45, 7) is 5.79. The van der Waals surface area contributed by atoms with Gasteiger partial charge >= 0.3 is 5.97 Å². The van der Waals surface area contributed by atoms with Gasteiger partial charge in [0.1, 0.15) is 0 Å². The van der Waals surface area contributed by atoms with Crippen molar-refractivity contribution >= 4 is 11.6 Å². The summed E-state index contributed by atoms with van der Waals surface area (Å²) in [5.41, 5.74) is 2.56. The highest BCUT2D eigenvalue weighted by Gasteiger charge is 2.18. The molecule has 2 aromatic heterocycles. The Morgan fingerprint density at radius 3 is 2.69 bits per heavy atom. The lowest BCUT2D eigenvalue weighted by atomic mass is 10.1. The molecule has 0 unspecified atom stereocenters. The molecule has 0 aliphatic rings. The Bertz CT molecular complexity index is 558. The molecule has 16 heavy (non-hydrogen) atoms. The monoisotopic (exact) mass is 219 g/mol. The lowest BCUT2D eigenvalue weighted by Gasteiger charge is -2.11. The van der Waals surface area contributed by atoms with Crippen molar-refractivity contribution in [2.24, 2.45) is 0 Å². The third kappa shape index (κ3) is 1.44. The van der Waals surface area contributed by atoms with Gasteiger partial charge in [0.2, 0.25) is 0 Å². The zero-order chi connectivity index (χ0) is 11.9. The number of aromatic nitrogens is 3. The molecule has 5 heteroatoms. The van der Waals surface area contributed by atoms with Crippen LogP contribution in [0.2, 0.25) is 0 Å². The smallest absolute Gasteiger partial charge is 0.339 e. The van der Waals surface area contributed by atoms with E-state index in [1.54, 1.807) is 10.7 Å². The van der Waals surface area contributed by atoms with Crippen LogP contribution in [0, 0.1) is 6.92 Å². The Labute approximate surface area is 92.7 Å². The van der Waals surface area contributed by atoms with Gasteiger partial charge < -0.3 is 5.11 Å². The number of nitrogens with zero attached hydrogens (tertiary/aromatic N) is 3. The van der Waals surface area contributed by atoms with Crippen LogP contribution in [-0.4, -0.2) is 25.7 Å². The van der Waals surface area contributed by atoms with Gasteiger partial charge in [0.25, 0.3) is 0 Å². The van der Waals surface area contributed by atoms with Crippen molar-refractivity contribution in [2.75, 3.05) is 0 Å². The molecule has 0 amide bonds. The van der Waals surface area contributed by atoms with E-state index in [1.165, 1.54) is 6.20 Å². The first-order chi connectivity index (χ1) is 7.52. The maximum Gasteiger partial charge on any atom is 0.339 e. The molecule has 0 aliphatic heterocycles. The molecule has 0 bridgehead atoms. The van der Waals surface area contributed by atoms with Gasteiger partial charge in [-0.1, -0.05) is 13.8 Å². The van der Waals surface area contributed by atoms with Crippen LogP contribution in [0.3, 0.4) is 0 Å². The van der Waals surface area contributed by atoms with Gasteiger partial charge in [-0.05, 0) is 12.8 Å². The van der Waals surface area contributed by atoms with Gasteiger partial charge in [0, 0.05) is 11.8 Å². The minimum Gasteiger partial charge on any atom is -0.478 e. The highest BCUT2D eigenvalue weighted by atomic mass is 16.4. The standard InChI is InChI=1S/C11H13N3O2/c1-6(2)9-8(11(15)16)5-12-10-7(3)4-13-14(9)10/h4-6H,1-3H3,(H,15,16). The average molecular weight is 219 g/mol. The Balaban J connectivity index is 2.84. The molecule has 0 radical (unpaired) electrons. The van der Waals surface area contributed by atoms with E-state index in [0.29, 0.717) is 11.3 Å². The molecular formula is C11H13N3O2. The molecule has 0 saturated carbocycles. The predicted molar refractivity (Wildman–Crippen MR) is 58.8 cm³/mol. The van der Waals surface area contributed by atoms with Crippen molar-refractivity contribution in [2.45, 2.75) is 26.7 Å². The molecular weight excluding hydrogens is 206 g/mol. The molecule has 2 rings (SSSR count). The van der Waals surface area contributed by atoms with E-state index in [2.05, 4.69) is 10.1 Å². The van der Waals surface area contributed by atoms with Crippen LogP contribution in [0.1, 0.15) is 41.4 Å². The normalized spacial score (nSPS) is 11.2. The Morgan fingerprint density at radius 1 is 1.44 bits per heavy atom. The number of carboxylic acids is 1. The van der Waals surface area contributed by atoms with Crippen LogP contribution in [0.25, 0.3) is 5.65 Å². The SMILES string of the molecule is Cc1cnn2c(C(C)C)c(C(=O)O)cnc12. The van der Waals surface area contributed by atoms with E-state index in [1.807, 2.05) is 20.8 Å². The molecule has 5 nitrogen and oxygen atoms in total. The van der Waals surface area contributed by atoms with Gasteiger partial charge in [-0.2, -0.15) is 5.10 Å². The number of rotatable bonds is 2. The van der Waals surface area contributed by atoms with Crippen molar-refractivity contribution < 1.29 is 9.90 Å². The van der Waals surface area contributed by atoms with Crippen LogP contribution in [0.5, 0.6) is 0 Å². The number of hydrogen-bond donors (Lipinski definition) is 1. The molecule has 2 aromatic rings. The number of carboxylic acid groups (broad SMARTS) is 1. The zero-order valence-electron chi connectivity index (χ0n) is 9.43. The molecule has 0 atom stereocenters. The third-order valence-corrected chi connectivity index (χ3v) is 2.52. The summed E-state index contributed by atoms with van der Waals surface area (Å²) in [5.74, 6) is -0.887. The number of carbonyl (C=O) groups is 1. The van der Waals surface area contributed by atoms with Gasteiger partial charge in [0.15, 0.2) is 5.65 Å². The van der Waals surface area contributed by atoms with E-state index in [9.17, 15) is 4.79 Å². The lowest BCUT2D eigenvalue weighted by molar-refractivity contribution is 0.0694. The van der Waals surface area contributed by atoms with Crippen LogP contribution >= 0.6 is 0 Å². The van der Waals surface area contributed by atoms with Crippen molar-refractivity contribution in [1.82, 2.24) is 14.6 Å². The first kappa shape index (κ1) is 10.6. The molecule has 0 saturated heterocycles. The maximum atomic E-state index is 11.1. The summed E-state index contributed by atoms with van der Waals surface area (Å²) in [5, 5.41) is 13.3. The Hall–Kier alpha value is -1.91. The van der Waals surface area contributed by atoms with Crippen molar-refractivity contribution in [1.29, 1.82) is 0 Å². The van der Waals surface area contributed by atoms with E-state index >= 15 is 0 Å². The maximum absolute atomic E-state index is 11.1. The fourth-order valence-electron chi connectivity index (χ4n) is 1.78. The predicted octanol–water partition coefficient (Wildman–Crippen LogP) is 1.86. The molecule has 0 fully saturated rings. The highest BCUT2D eigenvalue weighted by Crippen LogP contribution is 2.21. The number of aryl methyl sites for hydroxylation is 1. The summed E-state index contributed by atoms with van der Waals surface area (Å²) in [6, 6.07) is 0. The second kappa shape index (κ2) is 3.59. The Kier molecular flexibility index (Phi) is 2.38. The molecule has 2 heterocycles. The zero-order valence-corrected chi connectivity index (χ0v) is 9.43. The van der Waals surface area contributed by atoms with E-state index in [-0.39, 0.29) is 11.5 Å². The molecule has 1 N–H and O–H groups in total. The molecule has 0 aromatic carbocycles. The Morgan fingerprint density at radius 2 is 2.12 bits per heavy atom. The largest absolute Gasteiger partial charge is 0.478 e. The topological polar surface area (TPSA) is 67.5 Å². The summed E-state index contributed by atoms with van der Waals surface area (Å²) >= 11 is 0. The van der Waals surface area contributed by atoms with Crippen molar-refractivity contribution in [3.05, 3.63) is 29.2 Å². The van der Waals surface area contributed by atoms with Crippen molar-refractivity contribution in [3.8, 4) is 0 Å². The average Bonchev–Trinajstić information content (AvgIpc) is 2.58. The summed E-state index contributed by atoms with van der Waals surface area (Å²) in [7, 11) is 0. The van der Waals surface area contributed by atoms with E-state index < -0.39 is 5.97 Å². The highest BCUT2D eigenvalue weighted by molar-refractivity contribution is 5.89. The minimum atomic E-state index is -0.966. The number of hydrogen-bond acceptors (Lipinski definition) is 3. The first-order valence-electron chi connectivity index (χ1n) is 5.09. The van der Waals surface area contributed by atoms with Crippen LogP contribution in [0.4, 0.5) is 0 Å². The number of aromatic carboxylic acids is 1. The molecule has 0 aliphatic carbocycles.